The second-order valence-corrected chi connectivity index (χ2v) is 8.73. The average Bonchev–Trinajstić information content (AvgIpc) is 2.96. The van der Waals surface area contributed by atoms with E-state index in [0.717, 1.165) is 25.8 Å². The Bertz CT molecular complexity index is 1420. The molecule has 1 N–H and O–H groups in total. The molecule has 0 aromatic heterocycles. The second kappa shape index (κ2) is 14.0. The molecule has 0 amide bonds. The molecule has 0 unspecified atom stereocenters. The van der Waals surface area contributed by atoms with Crippen molar-refractivity contribution >= 4 is 34.5 Å². The zero-order chi connectivity index (χ0) is 26.6. The fourth-order valence-electron chi connectivity index (χ4n) is 3.69. The van der Waals surface area contributed by atoms with Gasteiger partial charge < -0.3 is 14.6 Å². The fraction of sp³-hybridized carbons (Fsp3) is 0.0968. The molecule has 37 heavy (non-hydrogen) atoms. The highest BCUT2D eigenvalue weighted by molar-refractivity contribution is 14.1. The number of rotatable bonds is 4. The molecule has 0 fully saturated rings. The van der Waals surface area contributed by atoms with Crippen molar-refractivity contribution in [3.05, 3.63) is 117 Å². The first-order valence-electron chi connectivity index (χ1n) is 11.3. The summed E-state index contributed by atoms with van der Waals surface area (Å²) in [6.07, 6.45) is 0. The number of halogens is 1. The zero-order valence-electron chi connectivity index (χ0n) is 20.4. The Morgan fingerprint density at radius 3 is 1.70 bits per heavy atom. The Balaban J connectivity index is 0.000000208. The number of benzene rings is 4. The molecule has 0 atom stereocenters. The largest absolute Gasteiger partial charge is 0.465 e. The molecule has 4 aromatic rings. The van der Waals surface area contributed by atoms with E-state index < -0.39 is 5.97 Å². The lowest BCUT2D eigenvalue weighted by Crippen LogP contribution is -2.05. The predicted molar refractivity (Wildman–Crippen MR) is 153 cm³/mol. The van der Waals surface area contributed by atoms with Crippen molar-refractivity contribution in [2.24, 2.45) is 0 Å². The first-order valence-corrected chi connectivity index (χ1v) is 12.4. The number of aliphatic hydroxyl groups excluding tert-OH is 1. The number of carbonyl (C=O) groups excluding carboxylic acids is 2. The number of methoxy groups -OCH3 is 2. The molecule has 0 heterocycles. The third-order valence-corrected chi connectivity index (χ3v) is 6.21. The van der Waals surface area contributed by atoms with Gasteiger partial charge in [-0.2, -0.15) is 0 Å². The fourth-order valence-corrected chi connectivity index (χ4v) is 4.50. The lowest BCUT2D eigenvalue weighted by molar-refractivity contribution is 0.0592. The summed E-state index contributed by atoms with van der Waals surface area (Å²) in [7, 11) is 2.75. The average molecular weight is 604 g/mol. The topological polar surface area (TPSA) is 72.8 Å². The zero-order valence-corrected chi connectivity index (χ0v) is 22.6. The summed E-state index contributed by atoms with van der Waals surface area (Å²) in [4.78, 5) is 23.6. The van der Waals surface area contributed by atoms with Crippen molar-refractivity contribution in [1.29, 1.82) is 0 Å². The van der Waals surface area contributed by atoms with E-state index in [0.29, 0.717) is 16.7 Å². The Hall–Kier alpha value is -3.93. The number of aliphatic hydroxyl groups is 1. The predicted octanol–water partition coefficient (Wildman–Crippen LogP) is 6.23. The van der Waals surface area contributed by atoms with Gasteiger partial charge >= 0.3 is 11.9 Å². The van der Waals surface area contributed by atoms with Crippen LogP contribution in [0.15, 0.2) is 97.1 Å². The van der Waals surface area contributed by atoms with E-state index in [4.69, 9.17) is 14.6 Å². The quantitative estimate of drug-likeness (QED) is 0.170. The van der Waals surface area contributed by atoms with Crippen LogP contribution in [-0.4, -0.2) is 37.9 Å². The van der Waals surface area contributed by atoms with Crippen molar-refractivity contribution in [3.63, 3.8) is 0 Å². The molecule has 0 aliphatic rings. The monoisotopic (exact) mass is 604 g/mol. The van der Waals surface area contributed by atoms with Crippen molar-refractivity contribution in [3.8, 4) is 34.1 Å². The third-order valence-electron chi connectivity index (χ3n) is 5.32. The smallest absolute Gasteiger partial charge is 0.338 e. The standard InChI is InChI=1S/C17H14O3.C14H11IO2/c1-20-17(19)15-11-5-9-14(10-6-12-18)16(15)13-7-3-2-4-8-13;1-17-14(16)11-8-5-9-12(15)13(11)10-6-3-2-4-7-10/h2-5,7-9,11,18H,12H2,1H3;2-9H,1H3. The molecular formula is C31H25IO5. The Kier molecular flexibility index (Phi) is 10.4. The number of hydrogen-bond donors (Lipinski definition) is 1. The highest BCUT2D eigenvalue weighted by Crippen LogP contribution is 2.30. The highest BCUT2D eigenvalue weighted by Gasteiger charge is 2.16. The van der Waals surface area contributed by atoms with Crippen LogP contribution in [0.3, 0.4) is 0 Å². The Morgan fingerprint density at radius 1 is 0.703 bits per heavy atom. The maximum atomic E-state index is 11.9. The summed E-state index contributed by atoms with van der Waals surface area (Å²) in [6, 6.07) is 30.3. The first kappa shape index (κ1) is 27.7. The molecule has 186 valence electrons. The molecule has 4 rings (SSSR count). The van der Waals surface area contributed by atoms with Crippen LogP contribution in [0.5, 0.6) is 0 Å². The Morgan fingerprint density at radius 2 is 1.19 bits per heavy atom. The van der Waals surface area contributed by atoms with Gasteiger partial charge in [-0.05, 0) is 58.0 Å². The third kappa shape index (κ3) is 7.06. The number of ether oxygens (including phenoxy) is 2. The molecule has 0 spiro atoms. The van der Waals surface area contributed by atoms with Crippen LogP contribution in [0.1, 0.15) is 26.3 Å². The SMILES string of the molecule is COC(=O)c1cccc(C#CCO)c1-c1ccccc1.COC(=O)c1cccc(I)c1-c1ccccc1. The summed E-state index contributed by atoms with van der Waals surface area (Å²) < 4.78 is 10.7. The van der Waals surface area contributed by atoms with Crippen molar-refractivity contribution in [1.82, 2.24) is 0 Å². The van der Waals surface area contributed by atoms with Gasteiger partial charge in [0.15, 0.2) is 0 Å². The number of carbonyl (C=O) groups is 2. The first-order chi connectivity index (χ1) is 18.0. The van der Waals surface area contributed by atoms with Gasteiger partial charge in [-0.1, -0.05) is 84.6 Å². The summed E-state index contributed by atoms with van der Waals surface area (Å²) in [5, 5.41) is 8.85. The molecule has 0 aliphatic carbocycles. The lowest BCUT2D eigenvalue weighted by Gasteiger charge is -2.10. The van der Waals surface area contributed by atoms with Crippen LogP contribution in [0.2, 0.25) is 0 Å². The van der Waals surface area contributed by atoms with E-state index in [1.165, 1.54) is 14.2 Å². The van der Waals surface area contributed by atoms with Crippen molar-refractivity contribution in [2.75, 3.05) is 20.8 Å². The van der Waals surface area contributed by atoms with Gasteiger partial charge in [-0.15, -0.1) is 0 Å². The minimum atomic E-state index is -0.406. The van der Waals surface area contributed by atoms with Crippen molar-refractivity contribution < 1.29 is 24.2 Å². The van der Waals surface area contributed by atoms with Gasteiger partial charge in [0.25, 0.3) is 0 Å². The lowest BCUT2D eigenvalue weighted by atomic mass is 9.94. The van der Waals surface area contributed by atoms with Gasteiger partial charge in [0.05, 0.1) is 25.3 Å². The van der Waals surface area contributed by atoms with Crippen LogP contribution in [0.25, 0.3) is 22.3 Å². The molecule has 4 aromatic carbocycles. The van der Waals surface area contributed by atoms with Crippen LogP contribution >= 0.6 is 22.6 Å². The van der Waals surface area contributed by atoms with Gasteiger partial charge in [-0.3, -0.25) is 0 Å². The molecule has 6 heteroatoms. The summed E-state index contributed by atoms with van der Waals surface area (Å²) >= 11 is 2.23. The maximum Gasteiger partial charge on any atom is 0.338 e. The molecule has 0 bridgehead atoms. The number of hydrogen-bond acceptors (Lipinski definition) is 5. The highest BCUT2D eigenvalue weighted by atomic mass is 127. The minimum Gasteiger partial charge on any atom is -0.465 e. The molecule has 0 saturated carbocycles. The van der Waals surface area contributed by atoms with E-state index in [1.807, 2.05) is 78.9 Å². The van der Waals surface area contributed by atoms with Crippen LogP contribution < -0.4 is 0 Å². The second-order valence-electron chi connectivity index (χ2n) is 7.57. The number of esters is 2. The van der Waals surface area contributed by atoms with Gasteiger partial charge in [0, 0.05) is 20.3 Å². The van der Waals surface area contributed by atoms with E-state index >= 15 is 0 Å². The maximum absolute atomic E-state index is 11.9. The molecule has 0 saturated heterocycles. The van der Waals surface area contributed by atoms with E-state index in [1.54, 1.807) is 18.2 Å². The molecule has 0 aliphatic heterocycles. The van der Waals surface area contributed by atoms with Gasteiger partial charge in [0.1, 0.15) is 6.61 Å². The van der Waals surface area contributed by atoms with Crippen LogP contribution in [0.4, 0.5) is 0 Å². The van der Waals surface area contributed by atoms with E-state index in [2.05, 4.69) is 34.4 Å². The van der Waals surface area contributed by atoms with Crippen molar-refractivity contribution in [2.45, 2.75) is 0 Å². The van der Waals surface area contributed by atoms with Crippen LogP contribution in [-0.2, 0) is 9.47 Å². The minimum absolute atomic E-state index is 0.226. The molecular weight excluding hydrogens is 579 g/mol. The van der Waals surface area contributed by atoms with Gasteiger partial charge in [-0.25, -0.2) is 9.59 Å². The van der Waals surface area contributed by atoms with E-state index in [-0.39, 0.29) is 12.6 Å². The van der Waals surface area contributed by atoms with E-state index in [9.17, 15) is 9.59 Å². The molecule has 0 radical (unpaired) electrons. The summed E-state index contributed by atoms with van der Waals surface area (Å²) in [5.41, 5.74) is 5.32. The summed E-state index contributed by atoms with van der Waals surface area (Å²) in [5.74, 6) is 4.78. The van der Waals surface area contributed by atoms with Crippen LogP contribution in [0, 0.1) is 15.4 Å². The summed E-state index contributed by atoms with van der Waals surface area (Å²) in [6.45, 7) is -0.226. The molecule has 5 nitrogen and oxygen atoms in total. The Labute approximate surface area is 230 Å². The van der Waals surface area contributed by atoms with Gasteiger partial charge in [0.2, 0.25) is 0 Å². The normalized spacial score (nSPS) is 9.73.